The van der Waals surface area contributed by atoms with E-state index in [-0.39, 0.29) is 32.0 Å². The predicted octanol–water partition coefficient (Wildman–Crippen LogP) is 11.1. The van der Waals surface area contributed by atoms with Crippen LogP contribution in [0.1, 0.15) is 213 Å². The zero-order valence-electron chi connectivity index (χ0n) is 38.2. The minimum atomic E-state index is -1.60. The van der Waals surface area contributed by atoms with Crippen LogP contribution in [0.3, 0.4) is 0 Å². The molecule has 1 saturated heterocycles. The number of aliphatic hydroxyl groups is 4. The second kappa shape index (κ2) is 41.0. The van der Waals surface area contributed by atoms with Gasteiger partial charge in [-0.3, -0.25) is 9.59 Å². The van der Waals surface area contributed by atoms with E-state index in [1.807, 2.05) is 0 Å². The van der Waals surface area contributed by atoms with Crippen LogP contribution < -0.4 is 0 Å². The van der Waals surface area contributed by atoms with Crippen molar-refractivity contribution in [2.45, 2.75) is 250 Å². The smallest absolute Gasteiger partial charge is 0.306 e. The molecule has 0 radical (unpaired) electrons. The standard InChI is InChI=1S/C50H90O10/c1-3-5-7-9-11-13-15-17-19-21-23-24-26-28-30-32-34-36-38-45(52)57-41-43(42-58-50-49(56)48(55)47(54)44(40-51)60-50)59-46(53)39-37-35-33-31-29-27-25-22-20-18-16-14-12-10-8-6-4-2/h12,14,18-21,43-44,47-51,54-56H,3-11,13,15-17,22-42H2,1-2H3/b14-12-,20-18-,21-19-. The molecule has 0 aliphatic carbocycles. The normalized spacial score (nSPS) is 20.1. The highest BCUT2D eigenvalue weighted by molar-refractivity contribution is 5.70. The molecule has 1 fully saturated rings. The number of unbranched alkanes of at least 4 members (excludes halogenated alkanes) is 24. The van der Waals surface area contributed by atoms with Crippen LogP contribution >= 0.6 is 0 Å². The summed E-state index contributed by atoms with van der Waals surface area (Å²) < 4.78 is 22.2. The van der Waals surface area contributed by atoms with E-state index in [2.05, 4.69) is 50.3 Å². The van der Waals surface area contributed by atoms with Gasteiger partial charge in [0.2, 0.25) is 0 Å². The molecule has 1 rings (SSSR count). The van der Waals surface area contributed by atoms with Gasteiger partial charge in [-0.1, -0.05) is 166 Å². The molecule has 0 aromatic carbocycles. The van der Waals surface area contributed by atoms with Crippen LogP contribution in [0.5, 0.6) is 0 Å². The fraction of sp³-hybridized carbons (Fsp3) is 0.840. The van der Waals surface area contributed by atoms with Crippen molar-refractivity contribution in [1.29, 1.82) is 0 Å². The van der Waals surface area contributed by atoms with Crippen LogP contribution in [0.4, 0.5) is 0 Å². The first kappa shape index (κ1) is 55.9. The van der Waals surface area contributed by atoms with Crippen molar-refractivity contribution in [3.63, 3.8) is 0 Å². The van der Waals surface area contributed by atoms with E-state index < -0.39 is 49.4 Å². The lowest BCUT2D eigenvalue weighted by Crippen LogP contribution is -2.59. The SMILES string of the molecule is CCCCC/C=C\C/C=C\CCCCCCCCCC(=O)OC(COC(=O)CCCCCCCCC/C=C\CCCCCCCCC)COC1OC(CO)C(O)C(O)C1O. The maximum absolute atomic E-state index is 12.8. The maximum atomic E-state index is 12.8. The molecule has 1 heterocycles. The van der Waals surface area contributed by atoms with E-state index in [4.69, 9.17) is 18.9 Å². The third-order valence-corrected chi connectivity index (χ3v) is 11.2. The summed E-state index contributed by atoms with van der Waals surface area (Å²) in [6.45, 7) is 3.40. The summed E-state index contributed by atoms with van der Waals surface area (Å²) in [6, 6.07) is 0. The van der Waals surface area contributed by atoms with Gasteiger partial charge >= 0.3 is 11.9 Å². The number of aliphatic hydroxyl groups excluding tert-OH is 4. The summed E-state index contributed by atoms with van der Waals surface area (Å²) >= 11 is 0. The number of carbonyl (C=O) groups excluding carboxylic acids is 2. The Morgan fingerprint density at radius 3 is 1.43 bits per heavy atom. The van der Waals surface area contributed by atoms with Crippen molar-refractivity contribution in [2.75, 3.05) is 19.8 Å². The quantitative estimate of drug-likeness (QED) is 0.0266. The monoisotopic (exact) mass is 851 g/mol. The zero-order chi connectivity index (χ0) is 43.7. The van der Waals surface area contributed by atoms with Crippen LogP contribution in [-0.4, -0.2) is 89.0 Å². The molecule has 10 heteroatoms. The third kappa shape index (κ3) is 31.7. The van der Waals surface area contributed by atoms with Gasteiger partial charge in [-0.05, 0) is 70.6 Å². The van der Waals surface area contributed by atoms with Gasteiger partial charge in [0.25, 0.3) is 0 Å². The number of ether oxygens (including phenoxy) is 4. The van der Waals surface area contributed by atoms with Gasteiger partial charge < -0.3 is 39.4 Å². The van der Waals surface area contributed by atoms with Gasteiger partial charge in [0, 0.05) is 12.8 Å². The van der Waals surface area contributed by atoms with Crippen molar-refractivity contribution in [3.8, 4) is 0 Å². The average molecular weight is 851 g/mol. The first-order valence-electron chi connectivity index (χ1n) is 24.6. The van der Waals surface area contributed by atoms with Gasteiger partial charge in [0.05, 0.1) is 13.2 Å². The maximum Gasteiger partial charge on any atom is 0.306 e. The summed E-state index contributed by atoms with van der Waals surface area (Å²) in [7, 11) is 0. The number of carbonyl (C=O) groups is 2. The van der Waals surface area contributed by atoms with Crippen LogP contribution in [0.25, 0.3) is 0 Å². The summed E-state index contributed by atoms with van der Waals surface area (Å²) in [5.74, 6) is -0.816. The molecule has 60 heavy (non-hydrogen) atoms. The third-order valence-electron chi connectivity index (χ3n) is 11.2. The lowest BCUT2D eigenvalue weighted by molar-refractivity contribution is -0.305. The van der Waals surface area contributed by atoms with E-state index in [1.54, 1.807) is 0 Å². The highest BCUT2D eigenvalue weighted by Gasteiger charge is 2.44. The second-order valence-electron chi connectivity index (χ2n) is 16.9. The molecule has 1 aliphatic rings. The molecular weight excluding hydrogens is 761 g/mol. The fourth-order valence-electron chi connectivity index (χ4n) is 7.33. The Kier molecular flexibility index (Phi) is 38.2. The minimum absolute atomic E-state index is 0.221. The van der Waals surface area contributed by atoms with E-state index in [0.717, 1.165) is 64.2 Å². The van der Waals surface area contributed by atoms with Gasteiger partial charge in [0.15, 0.2) is 12.4 Å². The summed E-state index contributed by atoms with van der Waals surface area (Å²) in [4.78, 5) is 25.4. The molecular formula is C50H90O10. The first-order chi connectivity index (χ1) is 29.3. The molecule has 10 nitrogen and oxygen atoms in total. The second-order valence-corrected chi connectivity index (χ2v) is 16.9. The van der Waals surface area contributed by atoms with Crippen molar-refractivity contribution in [1.82, 2.24) is 0 Å². The summed E-state index contributed by atoms with van der Waals surface area (Å²) in [5, 5.41) is 40.1. The van der Waals surface area contributed by atoms with E-state index in [0.29, 0.717) is 6.42 Å². The molecule has 350 valence electrons. The van der Waals surface area contributed by atoms with Crippen LogP contribution in [0, 0.1) is 0 Å². The number of hydrogen-bond donors (Lipinski definition) is 4. The van der Waals surface area contributed by atoms with Gasteiger partial charge in [-0.25, -0.2) is 0 Å². The predicted molar refractivity (Wildman–Crippen MR) is 242 cm³/mol. The molecule has 1 aliphatic heterocycles. The molecule has 0 bridgehead atoms. The molecule has 0 saturated carbocycles. The van der Waals surface area contributed by atoms with Gasteiger partial charge in [-0.15, -0.1) is 0 Å². The average Bonchev–Trinajstić information content (AvgIpc) is 3.25. The fourth-order valence-corrected chi connectivity index (χ4v) is 7.33. The van der Waals surface area contributed by atoms with E-state index >= 15 is 0 Å². The lowest BCUT2D eigenvalue weighted by Gasteiger charge is -2.39. The largest absolute Gasteiger partial charge is 0.462 e. The first-order valence-corrected chi connectivity index (χ1v) is 24.6. The van der Waals surface area contributed by atoms with Crippen LogP contribution in [0.15, 0.2) is 36.5 Å². The van der Waals surface area contributed by atoms with Crippen LogP contribution in [-0.2, 0) is 28.5 Å². The molecule has 0 spiro atoms. The highest BCUT2D eigenvalue weighted by Crippen LogP contribution is 2.23. The Hall–Kier alpha value is -2.08. The van der Waals surface area contributed by atoms with E-state index in [1.165, 1.54) is 116 Å². The number of hydrogen-bond acceptors (Lipinski definition) is 10. The molecule has 0 aromatic rings. The highest BCUT2D eigenvalue weighted by atomic mass is 16.7. The molecule has 4 N–H and O–H groups in total. The lowest BCUT2D eigenvalue weighted by atomic mass is 9.99. The van der Waals surface area contributed by atoms with Crippen molar-refractivity contribution >= 4 is 11.9 Å². The molecule has 0 amide bonds. The topological polar surface area (TPSA) is 152 Å². The molecule has 6 unspecified atom stereocenters. The Morgan fingerprint density at radius 2 is 0.933 bits per heavy atom. The summed E-state index contributed by atoms with van der Waals surface area (Å²) in [6.07, 6.45) is 40.0. The van der Waals surface area contributed by atoms with Crippen molar-refractivity contribution < 1.29 is 49.0 Å². The number of rotatable bonds is 41. The van der Waals surface area contributed by atoms with Crippen molar-refractivity contribution in [2.24, 2.45) is 0 Å². The Labute approximate surface area is 366 Å². The van der Waals surface area contributed by atoms with Gasteiger partial charge in [-0.2, -0.15) is 0 Å². The van der Waals surface area contributed by atoms with E-state index in [9.17, 15) is 30.0 Å². The molecule has 0 aromatic heterocycles. The molecule has 6 atom stereocenters. The number of allylic oxidation sites excluding steroid dienone is 6. The Balaban J connectivity index is 2.29. The Morgan fingerprint density at radius 1 is 0.517 bits per heavy atom. The van der Waals surface area contributed by atoms with Gasteiger partial charge in [0.1, 0.15) is 31.0 Å². The van der Waals surface area contributed by atoms with Crippen LogP contribution in [0.2, 0.25) is 0 Å². The summed E-state index contributed by atoms with van der Waals surface area (Å²) in [5.41, 5.74) is 0. The zero-order valence-corrected chi connectivity index (χ0v) is 38.2. The number of esters is 2. The Bertz CT molecular complexity index is 1080. The van der Waals surface area contributed by atoms with Crippen molar-refractivity contribution in [3.05, 3.63) is 36.5 Å². The minimum Gasteiger partial charge on any atom is -0.462 e.